The van der Waals surface area contributed by atoms with Crippen molar-refractivity contribution in [1.82, 2.24) is 10.2 Å². The first kappa shape index (κ1) is 8.37. The summed E-state index contributed by atoms with van der Waals surface area (Å²) in [5, 5.41) is 2.86. The normalized spacial score (nSPS) is 25.6. The maximum atomic E-state index is 11.2. The van der Waals surface area contributed by atoms with Gasteiger partial charge >= 0.3 is 6.03 Å². The van der Waals surface area contributed by atoms with E-state index in [0.717, 1.165) is 6.54 Å². The van der Waals surface area contributed by atoms with E-state index in [0.29, 0.717) is 6.04 Å². The van der Waals surface area contributed by atoms with Crippen molar-refractivity contribution in [3.05, 3.63) is 0 Å². The third-order valence-corrected chi connectivity index (χ3v) is 1.88. The summed E-state index contributed by atoms with van der Waals surface area (Å²) in [5.74, 6) is 0. The Hall–Kier alpha value is -0.730. The zero-order chi connectivity index (χ0) is 8.65. The van der Waals surface area contributed by atoms with Crippen LogP contribution in [0.5, 0.6) is 0 Å². The second-order valence-corrected chi connectivity index (χ2v) is 4.13. The van der Waals surface area contributed by atoms with E-state index in [2.05, 4.69) is 5.32 Å². The van der Waals surface area contributed by atoms with Crippen molar-refractivity contribution >= 4 is 6.03 Å². The number of hydrogen-bond acceptors (Lipinski definition) is 1. The molecule has 1 rings (SSSR count). The van der Waals surface area contributed by atoms with Gasteiger partial charge in [0.05, 0.1) is 0 Å². The zero-order valence-electron chi connectivity index (χ0n) is 7.64. The fourth-order valence-electron chi connectivity index (χ4n) is 1.27. The van der Waals surface area contributed by atoms with Crippen molar-refractivity contribution in [3.63, 3.8) is 0 Å². The van der Waals surface area contributed by atoms with Gasteiger partial charge in [0.15, 0.2) is 0 Å². The number of carbonyl (C=O) groups excluding carboxylic acids is 1. The van der Waals surface area contributed by atoms with Crippen molar-refractivity contribution in [2.45, 2.75) is 39.3 Å². The highest BCUT2D eigenvalue weighted by Gasteiger charge is 2.33. The number of nitrogens with zero attached hydrogens (tertiary/aromatic N) is 1. The van der Waals surface area contributed by atoms with Crippen molar-refractivity contribution < 1.29 is 4.79 Å². The first-order valence-electron chi connectivity index (χ1n) is 3.99. The van der Waals surface area contributed by atoms with Crippen LogP contribution in [0.25, 0.3) is 0 Å². The summed E-state index contributed by atoms with van der Waals surface area (Å²) in [5.41, 5.74) is -0.0468. The van der Waals surface area contributed by atoms with Gasteiger partial charge in [0.2, 0.25) is 0 Å². The summed E-state index contributed by atoms with van der Waals surface area (Å²) in [6, 6.07) is 0.353. The van der Waals surface area contributed by atoms with Gasteiger partial charge in [-0.1, -0.05) is 0 Å². The highest BCUT2D eigenvalue weighted by atomic mass is 16.2. The predicted octanol–water partition coefficient (Wildman–Crippen LogP) is 1.20. The van der Waals surface area contributed by atoms with Crippen molar-refractivity contribution in [1.29, 1.82) is 0 Å². The molecule has 1 saturated heterocycles. The third kappa shape index (κ3) is 1.64. The van der Waals surface area contributed by atoms with Crippen molar-refractivity contribution in [3.8, 4) is 0 Å². The average Bonchev–Trinajstić information content (AvgIpc) is 2.08. The fraction of sp³-hybridized carbons (Fsp3) is 0.875. The number of amides is 2. The summed E-state index contributed by atoms with van der Waals surface area (Å²) in [6.45, 7) is 8.98. The van der Waals surface area contributed by atoms with Crippen LogP contribution in [0.15, 0.2) is 0 Å². The lowest BCUT2D eigenvalue weighted by Gasteiger charge is -2.30. The van der Waals surface area contributed by atoms with Gasteiger partial charge in [-0.25, -0.2) is 4.79 Å². The predicted molar refractivity (Wildman–Crippen MR) is 44.5 cm³/mol. The second-order valence-electron chi connectivity index (χ2n) is 4.13. The van der Waals surface area contributed by atoms with Gasteiger partial charge in [-0.15, -0.1) is 0 Å². The lowest BCUT2D eigenvalue weighted by Crippen LogP contribution is -2.43. The standard InChI is InChI=1S/C8H16N2O/c1-6-5-10(7(11)9-6)8(2,3)4/h6H,5H2,1-4H3,(H,9,11)/t6-/m0/s1. The Bertz CT molecular complexity index is 171. The molecule has 1 fully saturated rings. The average molecular weight is 156 g/mol. The van der Waals surface area contributed by atoms with Gasteiger partial charge < -0.3 is 10.2 Å². The summed E-state index contributed by atoms with van der Waals surface area (Å²) in [7, 11) is 0. The second kappa shape index (κ2) is 2.40. The molecule has 0 aromatic carbocycles. The van der Waals surface area contributed by atoms with Gasteiger partial charge in [-0.2, -0.15) is 0 Å². The van der Waals surface area contributed by atoms with Crippen molar-refractivity contribution in [2.75, 3.05) is 6.54 Å². The van der Waals surface area contributed by atoms with Crippen LogP contribution >= 0.6 is 0 Å². The number of carbonyl (C=O) groups is 1. The number of nitrogens with one attached hydrogen (secondary N) is 1. The molecule has 1 atom stereocenters. The first-order chi connectivity index (χ1) is 4.91. The van der Waals surface area contributed by atoms with E-state index in [-0.39, 0.29) is 11.6 Å². The Labute approximate surface area is 67.8 Å². The Balaban J connectivity index is 2.68. The Morgan fingerprint density at radius 2 is 2.09 bits per heavy atom. The van der Waals surface area contributed by atoms with Crippen LogP contribution in [0.1, 0.15) is 27.7 Å². The molecule has 0 aromatic heterocycles. The molecule has 0 unspecified atom stereocenters. The van der Waals surface area contributed by atoms with Crippen molar-refractivity contribution in [2.24, 2.45) is 0 Å². The summed E-state index contributed by atoms with van der Waals surface area (Å²) in [4.78, 5) is 13.1. The van der Waals surface area contributed by atoms with Gasteiger partial charge in [-0.3, -0.25) is 0 Å². The van der Waals surface area contributed by atoms with Gasteiger partial charge in [0.25, 0.3) is 0 Å². The molecule has 11 heavy (non-hydrogen) atoms. The number of urea groups is 1. The smallest absolute Gasteiger partial charge is 0.318 e. The summed E-state index contributed by atoms with van der Waals surface area (Å²) in [6.07, 6.45) is 0. The van der Waals surface area contributed by atoms with E-state index in [1.807, 2.05) is 32.6 Å². The molecular formula is C8H16N2O. The van der Waals surface area contributed by atoms with E-state index >= 15 is 0 Å². The molecule has 1 aliphatic heterocycles. The van der Waals surface area contributed by atoms with Crippen LogP contribution in [-0.2, 0) is 0 Å². The minimum atomic E-state index is -0.0468. The Kier molecular flexibility index (Phi) is 1.82. The molecule has 0 saturated carbocycles. The lowest BCUT2D eigenvalue weighted by atomic mass is 10.1. The third-order valence-electron chi connectivity index (χ3n) is 1.88. The van der Waals surface area contributed by atoms with Gasteiger partial charge in [0.1, 0.15) is 0 Å². The maximum absolute atomic E-state index is 11.2. The molecule has 0 aliphatic carbocycles. The topological polar surface area (TPSA) is 32.3 Å². The minimum Gasteiger partial charge on any atom is -0.334 e. The molecule has 2 amide bonds. The quantitative estimate of drug-likeness (QED) is 0.561. The molecule has 3 nitrogen and oxygen atoms in total. The molecule has 0 radical (unpaired) electrons. The molecule has 64 valence electrons. The highest BCUT2D eigenvalue weighted by Crippen LogP contribution is 2.17. The maximum Gasteiger partial charge on any atom is 0.318 e. The van der Waals surface area contributed by atoms with Gasteiger partial charge in [0, 0.05) is 18.1 Å². The van der Waals surface area contributed by atoms with Crippen LogP contribution < -0.4 is 5.32 Å². The van der Waals surface area contributed by atoms with Crippen LogP contribution in [0.4, 0.5) is 4.79 Å². The molecule has 0 bridgehead atoms. The minimum absolute atomic E-state index is 0.0468. The van der Waals surface area contributed by atoms with E-state index in [4.69, 9.17) is 0 Å². The van der Waals surface area contributed by atoms with E-state index < -0.39 is 0 Å². The molecule has 3 heteroatoms. The fourth-order valence-corrected chi connectivity index (χ4v) is 1.27. The van der Waals surface area contributed by atoms with E-state index in [1.54, 1.807) is 0 Å². The van der Waals surface area contributed by atoms with Crippen LogP contribution in [0.3, 0.4) is 0 Å². The lowest BCUT2D eigenvalue weighted by molar-refractivity contribution is 0.170. The van der Waals surface area contributed by atoms with E-state index in [9.17, 15) is 4.79 Å². The SMILES string of the molecule is C[C@H]1CN(C(C)(C)C)C(=O)N1. The molecule has 0 spiro atoms. The monoisotopic (exact) mass is 156 g/mol. The van der Waals surface area contributed by atoms with Crippen LogP contribution in [0.2, 0.25) is 0 Å². The number of rotatable bonds is 0. The molecule has 0 aromatic rings. The van der Waals surface area contributed by atoms with Crippen LogP contribution in [0, 0.1) is 0 Å². The summed E-state index contributed by atoms with van der Waals surface area (Å²) < 4.78 is 0. The summed E-state index contributed by atoms with van der Waals surface area (Å²) >= 11 is 0. The first-order valence-corrected chi connectivity index (χ1v) is 3.99. The van der Waals surface area contributed by atoms with Gasteiger partial charge in [-0.05, 0) is 27.7 Å². The largest absolute Gasteiger partial charge is 0.334 e. The Morgan fingerprint density at radius 3 is 2.27 bits per heavy atom. The Morgan fingerprint density at radius 1 is 1.55 bits per heavy atom. The van der Waals surface area contributed by atoms with Crippen LogP contribution in [-0.4, -0.2) is 29.1 Å². The molecule has 1 heterocycles. The van der Waals surface area contributed by atoms with E-state index in [1.165, 1.54) is 0 Å². The molecule has 1 aliphatic rings. The highest BCUT2D eigenvalue weighted by molar-refractivity contribution is 5.77. The zero-order valence-corrected chi connectivity index (χ0v) is 7.64. The number of hydrogen-bond donors (Lipinski definition) is 1. The molecular weight excluding hydrogens is 140 g/mol. The molecule has 1 N–H and O–H groups in total.